The molecule has 5 rings (SSSR count). The van der Waals surface area contributed by atoms with E-state index in [0.717, 1.165) is 16.8 Å². The highest BCUT2D eigenvalue weighted by Gasteiger charge is 2.16. The van der Waals surface area contributed by atoms with Gasteiger partial charge in [-0.2, -0.15) is 0 Å². The van der Waals surface area contributed by atoms with Gasteiger partial charge in [0.25, 0.3) is 11.1 Å². The molecule has 1 aromatic carbocycles. The molecule has 4 aromatic heterocycles. The Balaban J connectivity index is 1.59. The highest BCUT2D eigenvalue weighted by atomic mass is 35.5. The van der Waals surface area contributed by atoms with Crippen LogP contribution in [0.5, 0.6) is 0 Å². The Bertz CT molecular complexity index is 1620. The van der Waals surface area contributed by atoms with E-state index in [1.54, 1.807) is 22.9 Å². The summed E-state index contributed by atoms with van der Waals surface area (Å²) in [6.07, 6.45) is 1.55. The minimum absolute atomic E-state index is 0.100. The van der Waals surface area contributed by atoms with E-state index in [4.69, 9.17) is 16.6 Å². The first-order chi connectivity index (χ1) is 15.4. The molecule has 0 aliphatic carbocycles. The maximum Gasteiger partial charge on any atom is 0.276 e. The second kappa shape index (κ2) is 8.20. The second-order valence-corrected chi connectivity index (χ2v) is 9.68. The Kier molecular flexibility index (Phi) is 5.36. The predicted octanol–water partition coefficient (Wildman–Crippen LogP) is 5.02. The minimum atomic E-state index is -0.208. The van der Waals surface area contributed by atoms with Crippen molar-refractivity contribution in [3.8, 4) is 5.69 Å². The number of hydrogen-bond acceptors (Lipinski definition) is 6. The first-order valence-electron chi connectivity index (χ1n) is 9.79. The fourth-order valence-corrected chi connectivity index (χ4v) is 5.25. The lowest BCUT2D eigenvalue weighted by atomic mass is 10.1. The van der Waals surface area contributed by atoms with Gasteiger partial charge in [-0.1, -0.05) is 29.4 Å². The van der Waals surface area contributed by atoms with Gasteiger partial charge >= 0.3 is 0 Å². The molecular formula is C23H17ClN4O2S2. The van der Waals surface area contributed by atoms with Gasteiger partial charge in [-0.3, -0.25) is 18.6 Å². The Labute approximate surface area is 196 Å². The number of halogens is 1. The van der Waals surface area contributed by atoms with Crippen LogP contribution in [-0.2, 0) is 5.75 Å². The standard InChI is InChI=1S/C23H17ClN4O2S2/c1-13-3-5-17(9-14(13)2)28-22(30)21-18(7-8-31-21)26-23(28)32-12-16-10-20(29)27-11-15(24)4-6-19(27)25-16/h3-11H,12H2,1-2H3. The van der Waals surface area contributed by atoms with E-state index in [-0.39, 0.29) is 11.1 Å². The molecule has 0 atom stereocenters. The van der Waals surface area contributed by atoms with Crippen molar-refractivity contribution >= 4 is 50.6 Å². The SMILES string of the molecule is Cc1ccc(-n2c(SCc3cc(=O)n4cc(Cl)ccc4n3)nc3ccsc3c2=O)cc1C. The van der Waals surface area contributed by atoms with Crippen molar-refractivity contribution < 1.29 is 0 Å². The molecule has 0 aliphatic rings. The zero-order valence-electron chi connectivity index (χ0n) is 17.2. The van der Waals surface area contributed by atoms with Gasteiger partial charge in [-0.15, -0.1) is 11.3 Å². The van der Waals surface area contributed by atoms with Gasteiger partial charge in [0.15, 0.2) is 5.16 Å². The molecular weight excluding hydrogens is 464 g/mol. The summed E-state index contributed by atoms with van der Waals surface area (Å²) in [5.74, 6) is 0.390. The predicted molar refractivity (Wildman–Crippen MR) is 131 cm³/mol. The van der Waals surface area contributed by atoms with E-state index in [1.165, 1.54) is 33.6 Å². The Morgan fingerprint density at radius 2 is 1.88 bits per heavy atom. The van der Waals surface area contributed by atoms with Crippen molar-refractivity contribution in [3.05, 3.63) is 96.6 Å². The van der Waals surface area contributed by atoms with Crippen LogP contribution in [0.15, 0.2) is 68.8 Å². The lowest BCUT2D eigenvalue weighted by molar-refractivity contribution is 0.820. The van der Waals surface area contributed by atoms with Crippen molar-refractivity contribution in [1.82, 2.24) is 18.9 Å². The first kappa shape index (κ1) is 20.9. The van der Waals surface area contributed by atoms with Gasteiger partial charge in [0, 0.05) is 18.0 Å². The van der Waals surface area contributed by atoms with Crippen LogP contribution in [0.25, 0.3) is 21.6 Å². The van der Waals surface area contributed by atoms with E-state index < -0.39 is 0 Å². The molecule has 4 heterocycles. The monoisotopic (exact) mass is 480 g/mol. The summed E-state index contributed by atoms with van der Waals surface area (Å²) >= 11 is 8.75. The van der Waals surface area contributed by atoms with Gasteiger partial charge in [-0.25, -0.2) is 9.97 Å². The van der Waals surface area contributed by atoms with Gasteiger partial charge in [0.2, 0.25) is 0 Å². The van der Waals surface area contributed by atoms with Crippen LogP contribution >= 0.6 is 34.7 Å². The molecule has 32 heavy (non-hydrogen) atoms. The molecule has 9 heteroatoms. The fourth-order valence-electron chi connectivity index (χ4n) is 3.42. The molecule has 0 amide bonds. The average Bonchev–Trinajstić information content (AvgIpc) is 3.24. The molecule has 0 saturated carbocycles. The molecule has 0 spiro atoms. The number of aromatic nitrogens is 4. The summed E-state index contributed by atoms with van der Waals surface area (Å²) in [5.41, 5.74) is 4.51. The molecule has 0 unspecified atom stereocenters. The molecule has 0 radical (unpaired) electrons. The summed E-state index contributed by atoms with van der Waals surface area (Å²) < 4.78 is 3.67. The van der Waals surface area contributed by atoms with Crippen LogP contribution in [0, 0.1) is 13.8 Å². The summed E-state index contributed by atoms with van der Waals surface area (Å²) in [7, 11) is 0. The van der Waals surface area contributed by atoms with Gasteiger partial charge in [0.1, 0.15) is 10.3 Å². The Hall–Kier alpha value is -2.94. The number of nitrogens with zero attached hydrogens (tertiary/aromatic N) is 4. The molecule has 0 bridgehead atoms. The first-order valence-corrected chi connectivity index (χ1v) is 12.0. The lowest BCUT2D eigenvalue weighted by Crippen LogP contribution is -2.21. The topological polar surface area (TPSA) is 69.3 Å². The summed E-state index contributed by atoms with van der Waals surface area (Å²) in [6, 6.07) is 12.7. The highest BCUT2D eigenvalue weighted by Crippen LogP contribution is 2.26. The lowest BCUT2D eigenvalue weighted by Gasteiger charge is -2.13. The molecule has 160 valence electrons. The van der Waals surface area contributed by atoms with E-state index in [2.05, 4.69) is 4.98 Å². The van der Waals surface area contributed by atoms with Crippen molar-refractivity contribution in [2.45, 2.75) is 24.8 Å². The maximum absolute atomic E-state index is 13.3. The van der Waals surface area contributed by atoms with Crippen LogP contribution in [0.4, 0.5) is 0 Å². The Morgan fingerprint density at radius 1 is 1.03 bits per heavy atom. The van der Waals surface area contributed by atoms with Crippen LogP contribution in [-0.4, -0.2) is 18.9 Å². The Morgan fingerprint density at radius 3 is 2.69 bits per heavy atom. The number of benzene rings is 1. The zero-order chi connectivity index (χ0) is 22.4. The van der Waals surface area contributed by atoms with Gasteiger partial charge < -0.3 is 0 Å². The van der Waals surface area contributed by atoms with Crippen molar-refractivity contribution in [2.24, 2.45) is 0 Å². The molecule has 0 aliphatic heterocycles. The van der Waals surface area contributed by atoms with Gasteiger partial charge in [-0.05, 0) is 60.7 Å². The summed E-state index contributed by atoms with van der Waals surface area (Å²) in [6.45, 7) is 4.06. The number of fused-ring (bicyclic) bond motifs is 2. The quantitative estimate of drug-likeness (QED) is 0.267. The van der Waals surface area contributed by atoms with Crippen LogP contribution in [0.2, 0.25) is 5.02 Å². The number of thioether (sulfide) groups is 1. The average molecular weight is 481 g/mol. The smallest absolute Gasteiger partial charge is 0.269 e. The zero-order valence-corrected chi connectivity index (χ0v) is 19.6. The van der Waals surface area contributed by atoms with E-state index >= 15 is 0 Å². The maximum atomic E-state index is 13.3. The number of hydrogen-bond donors (Lipinski definition) is 0. The number of thiophene rings is 1. The molecule has 5 aromatic rings. The second-order valence-electron chi connectivity index (χ2n) is 7.39. The molecule has 0 saturated heterocycles. The molecule has 0 fully saturated rings. The third-order valence-electron chi connectivity index (χ3n) is 5.22. The molecule has 0 N–H and O–H groups in total. The van der Waals surface area contributed by atoms with E-state index in [9.17, 15) is 9.59 Å². The minimum Gasteiger partial charge on any atom is -0.269 e. The number of pyridine rings is 1. The third kappa shape index (κ3) is 3.74. The number of aryl methyl sites for hydroxylation is 2. The van der Waals surface area contributed by atoms with E-state index in [1.807, 2.05) is 43.5 Å². The molecule has 6 nitrogen and oxygen atoms in total. The highest BCUT2D eigenvalue weighted by molar-refractivity contribution is 7.98. The fraction of sp³-hybridized carbons (Fsp3) is 0.130. The largest absolute Gasteiger partial charge is 0.276 e. The van der Waals surface area contributed by atoms with E-state index in [0.29, 0.717) is 37.5 Å². The number of rotatable bonds is 4. The summed E-state index contributed by atoms with van der Waals surface area (Å²) in [5, 5.41) is 2.89. The summed E-state index contributed by atoms with van der Waals surface area (Å²) in [4.78, 5) is 35.1. The third-order valence-corrected chi connectivity index (χ3v) is 7.31. The van der Waals surface area contributed by atoms with Crippen molar-refractivity contribution in [1.29, 1.82) is 0 Å². The van der Waals surface area contributed by atoms with Crippen LogP contribution < -0.4 is 11.1 Å². The normalized spacial score (nSPS) is 11.5. The van der Waals surface area contributed by atoms with Gasteiger partial charge in [0.05, 0.1) is 21.9 Å². The van der Waals surface area contributed by atoms with Crippen molar-refractivity contribution in [2.75, 3.05) is 0 Å². The van der Waals surface area contributed by atoms with Crippen LogP contribution in [0.1, 0.15) is 16.8 Å². The van der Waals surface area contributed by atoms with Crippen LogP contribution in [0.3, 0.4) is 0 Å². The van der Waals surface area contributed by atoms with Crippen molar-refractivity contribution in [3.63, 3.8) is 0 Å².